The maximum absolute atomic E-state index is 13.0. The number of H-pyrrole nitrogens is 1. The molecule has 0 spiro atoms. The van der Waals surface area contributed by atoms with Crippen molar-refractivity contribution in [2.75, 3.05) is 32.4 Å². The zero-order valence-electron chi connectivity index (χ0n) is 16.9. The summed E-state index contributed by atoms with van der Waals surface area (Å²) >= 11 is 1.32. The quantitative estimate of drug-likeness (QED) is 0.420. The van der Waals surface area contributed by atoms with Crippen LogP contribution < -0.4 is 20.3 Å². The van der Waals surface area contributed by atoms with Crippen LogP contribution in [0.15, 0.2) is 39.4 Å². The Bertz CT molecular complexity index is 1030. The van der Waals surface area contributed by atoms with Crippen LogP contribution in [0.3, 0.4) is 0 Å². The number of esters is 1. The van der Waals surface area contributed by atoms with Crippen molar-refractivity contribution in [1.29, 1.82) is 0 Å². The predicted molar refractivity (Wildman–Crippen MR) is 111 cm³/mol. The molecule has 1 aromatic heterocycles. The molecule has 0 saturated carbocycles. The van der Waals surface area contributed by atoms with E-state index in [0.717, 1.165) is 0 Å². The van der Waals surface area contributed by atoms with Gasteiger partial charge in [-0.25, -0.2) is 9.78 Å². The van der Waals surface area contributed by atoms with Crippen LogP contribution in [-0.2, 0) is 9.53 Å². The van der Waals surface area contributed by atoms with Gasteiger partial charge >= 0.3 is 5.97 Å². The number of hydrogen-bond acceptors (Lipinski definition) is 8. The maximum Gasteiger partial charge on any atom is 0.336 e. The Balaban J connectivity index is 2.34. The molecule has 1 aliphatic rings. The lowest BCUT2D eigenvalue weighted by atomic mass is 9.81. The molecule has 29 heavy (non-hydrogen) atoms. The molecule has 0 saturated heterocycles. The molecule has 1 unspecified atom stereocenters. The number of anilines is 1. The number of thioether (sulfide) groups is 1. The number of aromatic amines is 1. The molecular weight excluding hydrogens is 394 g/mol. The minimum atomic E-state index is -0.734. The Morgan fingerprint density at radius 1 is 1.28 bits per heavy atom. The molecule has 2 N–H and O–H groups in total. The number of para-hydroxylation sites is 1. The molecular formula is C20H23N3O5S. The van der Waals surface area contributed by atoms with Crippen molar-refractivity contribution >= 4 is 23.5 Å². The molecule has 1 aliphatic heterocycles. The van der Waals surface area contributed by atoms with E-state index in [-0.39, 0.29) is 12.2 Å². The number of benzene rings is 1. The van der Waals surface area contributed by atoms with Crippen molar-refractivity contribution in [2.24, 2.45) is 0 Å². The van der Waals surface area contributed by atoms with Gasteiger partial charge < -0.3 is 24.5 Å². The van der Waals surface area contributed by atoms with E-state index in [9.17, 15) is 9.59 Å². The van der Waals surface area contributed by atoms with Gasteiger partial charge in [0, 0.05) is 11.3 Å². The summed E-state index contributed by atoms with van der Waals surface area (Å²) in [5.74, 6) is 0.0965. The second kappa shape index (κ2) is 8.60. The molecule has 9 heteroatoms. The summed E-state index contributed by atoms with van der Waals surface area (Å²) < 4.78 is 16.3. The third-order valence-electron chi connectivity index (χ3n) is 4.65. The number of ether oxygens (including phenoxy) is 3. The third kappa shape index (κ3) is 3.69. The van der Waals surface area contributed by atoms with E-state index in [2.05, 4.69) is 15.3 Å². The Labute approximate surface area is 172 Å². The number of fused-ring (bicyclic) bond motifs is 1. The van der Waals surface area contributed by atoms with Gasteiger partial charge in [0.15, 0.2) is 16.7 Å². The van der Waals surface area contributed by atoms with Crippen LogP contribution in [0.4, 0.5) is 5.82 Å². The highest BCUT2D eigenvalue weighted by atomic mass is 32.2. The summed E-state index contributed by atoms with van der Waals surface area (Å²) in [6.45, 7) is 3.71. The number of aromatic nitrogens is 2. The molecule has 0 radical (unpaired) electrons. The SMILES string of the molecule is CCOC(=O)C1=C(C)Nc2nc(SC)[nH]c(=O)c2C1c1cccc(OC)c1OC. The summed E-state index contributed by atoms with van der Waals surface area (Å²) in [7, 11) is 3.05. The summed E-state index contributed by atoms with van der Waals surface area (Å²) in [6.07, 6.45) is 1.82. The number of rotatable bonds is 6. The lowest BCUT2D eigenvalue weighted by molar-refractivity contribution is -0.138. The highest BCUT2D eigenvalue weighted by Crippen LogP contribution is 2.45. The van der Waals surface area contributed by atoms with Gasteiger partial charge in [-0.1, -0.05) is 23.9 Å². The number of nitrogens with one attached hydrogen (secondary N) is 2. The zero-order valence-corrected chi connectivity index (χ0v) is 17.7. The van der Waals surface area contributed by atoms with Crippen molar-refractivity contribution in [1.82, 2.24) is 9.97 Å². The van der Waals surface area contributed by atoms with Gasteiger partial charge in [0.25, 0.3) is 5.56 Å². The van der Waals surface area contributed by atoms with E-state index in [0.29, 0.717) is 44.9 Å². The maximum atomic E-state index is 13.0. The largest absolute Gasteiger partial charge is 0.493 e. The van der Waals surface area contributed by atoms with Crippen molar-refractivity contribution in [3.63, 3.8) is 0 Å². The summed E-state index contributed by atoms with van der Waals surface area (Å²) in [5, 5.41) is 3.57. The minimum absolute atomic E-state index is 0.213. The second-order valence-electron chi connectivity index (χ2n) is 6.24. The van der Waals surface area contributed by atoms with Gasteiger partial charge in [-0.3, -0.25) is 4.79 Å². The average Bonchev–Trinajstić information content (AvgIpc) is 2.71. The van der Waals surface area contributed by atoms with Gasteiger partial charge in [-0.05, 0) is 26.2 Å². The summed E-state index contributed by atoms with van der Waals surface area (Å²) in [5.41, 5.74) is 1.49. The molecule has 0 bridgehead atoms. The van der Waals surface area contributed by atoms with Crippen molar-refractivity contribution < 1.29 is 19.0 Å². The topological polar surface area (TPSA) is 103 Å². The van der Waals surface area contributed by atoms with Crippen molar-refractivity contribution in [2.45, 2.75) is 24.9 Å². The Morgan fingerprint density at radius 3 is 2.66 bits per heavy atom. The Morgan fingerprint density at radius 2 is 2.03 bits per heavy atom. The van der Waals surface area contributed by atoms with Crippen molar-refractivity contribution in [3.05, 3.63) is 50.9 Å². The fourth-order valence-corrected chi connectivity index (χ4v) is 3.83. The molecule has 0 amide bonds. The van der Waals surface area contributed by atoms with Gasteiger partial charge in [0.2, 0.25) is 0 Å². The number of carbonyl (C=O) groups is 1. The van der Waals surface area contributed by atoms with Crippen LogP contribution in [0.2, 0.25) is 0 Å². The number of hydrogen-bond donors (Lipinski definition) is 2. The molecule has 2 aromatic rings. The van der Waals surface area contributed by atoms with Gasteiger partial charge in [-0.15, -0.1) is 0 Å². The first kappa shape index (κ1) is 20.8. The van der Waals surface area contributed by atoms with E-state index in [4.69, 9.17) is 14.2 Å². The molecule has 8 nitrogen and oxygen atoms in total. The Hall–Kier alpha value is -2.94. The smallest absolute Gasteiger partial charge is 0.336 e. The zero-order chi connectivity index (χ0) is 21.1. The van der Waals surface area contributed by atoms with E-state index in [1.165, 1.54) is 26.0 Å². The standard InChI is InChI=1S/C20H23N3O5S/c1-6-28-19(25)13-10(2)21-17-15(18(24)23-20(22-17)29-5)14(13)11-8-7-9-12(26-3)16(11)27-4/h7-9,14H,6H2,1-5H3,(H2,21,22,23,24). The van der Waals surface area contributed by atoms with E-state index < -0.39 is 11.9 Å². The fourth-order valence-electron chi connectivity index (χ4n) is 3.46. The first-order chi connectivity index (χ1) is 14.0. The predicted octanol–water partition coefficient (Wildman–Crippen LogP) is 2.90. The Kier molecular flexibility index (Phi) is 6.17. The van der Waals surface area contributed by atoms with Crippen LogP contribution in [0.1, 0.15) is 30.9 Å². The molecule has 1 aromatic carbocycles. The summed E-state index contributed by atoms with van der Waals surface area (Å²) in [4.78, 5) is 33.1. The molecule has 0 aliphatic carbocycles. The molecule has 154 valence electrons. The van der Waals surface area contributed by atoms with Gasteiger partial charge in [-0.2, -0.15) is 0 Å². The number of nitrogens with zero attached hydrogens (tertiary/aromatic N) is 1. The molecule has 2 heterocycles. The molecule has 1 atom stereocenters. The van der Waals surface area contributed by atoms with Crippen LogP contribution in [0.25, 0.3) is 0 Å². The van der Waals surface area contributed by atoms with E-state index in [1.807, 2.05) is 6.26 Å². The summed E-state index contributed by atoms with van der Waals surface area (Å²) in [6, 6.07) is 5.34. The highest BCUT2D eigenvalue weighted by molar-refractivity contribution is 7.98. The number of methoxy groups -OCH3 is 2. The lowest BCUT2D eigenvalue weighted by Crippen LogP contribution is -2.31. The van der Waals surface area contributed by atoms with Crippen LogP contribution in [0, 0.1) is 0 Å². The van der Waals surface area contributed by atoms with Crippen LogP contribution >= 0.6 is 11.8 Å². The number of allylic oxidation sites excluding steroid dienone is 1. The van der Waals surface area contributed by atoms with Gasteiger partial charge in [0.1, 0.15) is 5.82 Å². The highest BCUT2D eigenvalue weighted by Gasteiger charge is 2.38. The van der Waals surface area contributed by atoms with E-state index in [1.54, 1.807) is 32.0 Å². The first-order valence-electron chi connectivity index (χ1n) is 9.00. The van der Waals surface area contributed by atoms with E-state index >= 15 is 0 Å². The van der Waals surface area contributed by atoms with Crippen LogP contribution in [0.5, 0.6) is 11.5 Å². The third-order valence-corrected chi connectivity index (χ3v) is 5.23. The monoisotopic (exact) mass is 417 g/mol. The molecule has 3 rings (SSSR count). The van der Waals surface area contributed by atoms with Crippen LogP contribution in [-0.4, -0.2) is 43.0 Å². The normalized spacial score (nSPS) is 15.4. The lowest BCUT2D eigenvalue weighted by Gasteiger charge is -2.29. The molecule has 0 fully saturated rings. The fraction of sp³-hybridized carbons (Fsp3) is 0.350. The average molecular weight is 417 g/mol. The van der Waals surface area contributed by atoms with Crippen molar-refractivity contribution in [3.8, 4) is 11.5 Å². The minimum Gasteiger partial charge on any atom is -0.493 e. The number of carbonyl (C=O) groups excluding carboxylic acids is 1. The first-order valence-corrected chi connectivity index (χ1v) is 10.2. The second-order valence-corrected chi connectivity index (χ2v) is 7.03. The van der Waals surface area contributed by atoms with Gasteiger partial charge in [0.05, 0.1) is 37.9 Å².